The Morgan fingerprint density at radius 3 is 2.59 bits per heavy atom. The van der Waals surface area contributed by atoms with Crippen molar-refractivity contribution in [2.45, 2.75) is 39.5 Å². The molecule has 0 amide bonds. The van der Waals surface area contributed by atoms with Gasteiger partial charge in [-0.1, -0.05) is 19.8 Å². The first-order valence-corrected chi connectivity index (χ1v) is 10.2. The van der Waals surface area contributed by atoms with Crippen molar-refractivity contribution in [3.05, 3.63) is 34.2 Å². The second-order valence-electron chi connectivity index (χ2n) is 6.46. The molecule has 0 bridgehead atoms. The van der Waals surface area contributed by atoms with Gasteiger partial charge in [0.15, 0.2) is 0 Å². The molecule has 0 aliphatic carbocycles. The quantitative estimate of drug-likeness (QED) is 0.295. The normalized spacial score (nSPS) is 14.6. The highest BCUT2D eigenvalue weighted by molar-refractivity contribution is 7.16. The minimum atomic E-state index is -0.651. The lowest BCUT2D eigenvalue weighted by Gasteiger charge is -2.32. The first kappa shape index (κ1) is 20.7. The highest BCUT2D eigenvalue weighted by Gasteiger charge is 2.20. The second kappa shape index (κ2) is 10.5. The number of ether oxygens (including phenoxy) is 1. The molecule has 1 aromatic heterocycles. The third-order valence-corrected chi connectivity index (χ3v) is 5.75. The van der Waals surface area contributed by atoms with Crippen LogP contribution in [-0.2, 0) is 9.53 Å². The van der Waals surface area contributed by atoms with Gasteiger partial charge in [-0.3, -0.25) is 0 Å². The van der Waals surface area contributed by atoms with Crippen LogP contribution in [0.3, 0.4) is 0 Å². The number of hydrogen-bond acceptors (Lipinski definition) is 6. The Morgan fingerprint density at radius 2 is 2.00 bits per heavy atom. The number of thiophene rings is 1. The molecule has 1 aliphatic heterocycles. The van der Waals surface area contributed by atoms with Gasteiger partial charge in [-0.25, -0.2) is 4.79 Å². The zero-order valence-corrected chi connectivity index (χ0v) is 16.7. The number of hydrogen-bond donors (Lipinski definition) is 0. The molecule has 0 saturated carbocycles. The number of carbonyl (C=O) groups excluding carboxylic acids is 1. The van der Waals surface area contributed by atoms with Crippen LogP contribution in [0.2, 0.25) is 0 Å². The van der Waals surface area contributed by atoms with Crippen molar-refractivity contribution < 1.29 is 9.53 Å². The number of allylic oxidation sites excluding steroid dienone is 1. The van der Waals surface area contributed by atoms with Crippen molar-refractivity contribution in [2.24, 2.45) is 5.92 Å². The molecule has 0 spiro atoms. The van der Waals surface area contributed by atoms with E-state index in [-0.39, 0.29) is 17.8 Å². The van der Waals surface area contributed by atoms with Crippen molar-refractivity contribution >= 4 is 28.4 Å². The number of anilines is 1. The van der Waals surface area contributed by atoms with E-state index in [2.05, 4.69) is 17.9 Å². The van der Waals surface area contributed by atoms with Gasteiger partial charge in [0, 0.05) is 18.0 Å². The smallest absolute Gasteiger partial charge is 0.340 e. The predicted octanol–water partition coefficient (Wildman–Crippen LogP) is 4.68. The third kappa shape index (κ3) is 5.70. The average Bonchev–Trinajstić information content (AvgIpc) is 3.15. The molecular formula is C21H25N3O2S. The SMILES string of the molecule is CCCC1CCN(c2ccc(C=CC(C(=O)OCC)=C(C#N)C#N)s2)CC1. The van der Waals surface area contributed by atoms with E-state index in [1.165, 1.54) is 36.8 Å². The molecule has 5 nitrogen and oxygen atoms in total. The highest BCUT2D eigenvalue weighted by atomic mass is 32.1. The first-order valence-electron chi connectivity index (χ1n) is 9.37. The minimum absolute atomic E-state index is 0.00261. The molecule has 0 N–H and O–H groups in total. The number of nitriles is 2. The van der Waals surface area contributed by atoms with Crippen LogP contribution in [0.25, 0.3) is 6.08 Å². The van der Waals surface area contributed by atoms with Gasteiger partial charge in [0.2, 0.25) is 0 Å². The predicted molar refractivity (Wildman–Crippen MR) is 108 cm³/mol. The van der Waals surface area contributed by atoms with Crippen LogP contribution >= 0.6 is 11.3 Å². The van der Waals surface area contributed by atoms with Gasteiger partial charge in [-0.2, -0.15) is 10.5 Å². The van der Waals surface area contributed by atoms with E-state index in [0.29, 0.717) is 0 Å². The maximum Gasteiger partial charge on any atom is 0.340 e. The van der Waals surface area contributed by atoms with E-state index in [1.54, 1.807) is 36.5 Å². The number of rotatable bonds is 7. The summed E-state index contributed by atoms with van der Waals surface area (Å²) in [6, 6.07) is 7.61. The van der Waals surface area contributed by atoms with Gasteiger partial charge in [0.1, 0.15) is 17.7 Å². The van der Waals surface area contributed by atoms with Crippen LogP contribution in [-0.4, -0.2) is 25.7 Å². The van der Waals surface area contributed by atoms with E-state index in [9.17, 15) is 4.79 Å². The molecule has 6 heteroatoms. The first-order chi connectivity index (χ1) is 13.1. The Labute approximate surface area is 165 Å². The molecule has 1 saturated heterocycles. The Morgan fingerprint density at radius 1 is 1.30 bits per heavy atom. The summed E-state index contributed by atoms with van der Waals surface area (Å²) >= 11 is 1.65. The van der Waals surface area contributed by atoms with E-state index in [1.807, 2.05) is 6.07 Å². The van der Waals surface area contributed by atoms with Crippen LogP contribution in [0.5, 0.6) is 0 Å². The zero-order chi connectivity index (χ0) is 19.6. The average molecular weight is 384 g/mol. The van der Waals surface area contributed by atoms with E-state index >= 15 is 0 Å². The largest absolute Gasteiger partial charge is 0.462 e. The van der Waals surface area contributed by atoms with Crippen molar-refractivity contribution in [1.82, 2.24) is 0 Å². The lowest BCUT2D eigenvalue weighted by molar-refractivity contribution is -0.138. The standard InChI is InChI=1S/C21H25N3O2S/c1-3-5-16-10-12-24(13-11-16)20-9-7-18(27-20)6-8-19(17(14-22)15-23)21(25)26-4-2/h6-9,16H,3-5,10-13H2,1-2H3. The summed E-state index contributed by atoms with van der Waals surface area (Å²) in [5.41, 5.74) is -0.239. The molecule has 1 aliphatic rings. The topological polar surface area (TPSA) is 77.1 Å². The fourth-order valence-corrected chi connectivity index (χ4v) is 4.19. The molecular weight excluding hydrogens is 358 g/mol. The Bertz CT molecular complexity index is 771. The van der Waals surface area contributed by atoms with Crippen molar-refractivity contribution in [2.75, 3.05) is 24.6 Å². The van der Waals surface area contributed by atoms with Gasteiger partial charge in [0.05, 0.1) is 17.2 Å². The van der Waals surface area contributed by atoms with Crippen molar-refractivity contribution in [3.63, 3.8) is 0 Å². The summed E-state index contributed by atoms with van der Waals surface area (Å²) in [6.45, 7) is 6.28. The monoisotopic (exact) mass is 383 g/mol. The fourth-order valence-electron chi connectivity index (χ4n) is 3.23. The molecule has 0 radical (unpaired) electrons. The molecule has 1 aromatic rings. The van der Waals surface area contributed by atoms with Crippen LogP contribution in [0, 0.1) is 28.6 Å². The molecule has 0 aromatic carbocycles. The Balaban J connectivity index is 2.10. The number of carbonyl (C=O) groups is 1. The molecule has 2 heterocycles. The Kier molecular flexibility index (Phi) is 8.10. The summed E-state index contributed by atoms with van der Waals surface area (Å²) < 4.78 is 4.95. The minimum Gasteiger partial charge on any atom is -0.462 e. The van der Waals surface area contributed by atoms with Crippen molar-refractivity contribution in [3.8, 4) is 12.1 Å². The van der Waals surface area contributed by atoms with Gasteiger partial charge in [-0.05, 0) is 50.0 Å². The maximum atomic E-state index is 12.0. The molecule has 142 valence electrons. The lowest BCUT2D eigenvalue weighted by Crippen LogP contribution is -2.32. The Hall–Kier alpha value is -2.57. The van der Waals surface area contributed by atoms with E-state index < -0.39 is 5.97 Å². The van der Waals surface area contributed by atoms with E-state index in [4.69, 9.17) is 15.3 Å². The summed E-state index contributed by atoms with van der Waals surface area (Å²) in [5, 5.41) is 19.4. The van der Waals surface area contributed by atoms with Gasteiger partial charge in [-0.15, -0.1) is 11.3 Å². The second-order valence-corrected chi connectivity index (χ2v) is 7.55. The third-order valence-electron chi connectivity index (χ3n) is 4.64. The summed E-state index contributed by atoms with van der Waals surface area (Å²) in [5.74, 6) is 0.194. The summed E-state index contributed by atoms with van der Waals surface area (Å²) in [4.78, 5) is 15.4. The number of nitrogens with zero attached hydrogens (tertiary/aromatic N) is 3. The lowest BCUT2D eigenvalue weighted by atomic mass is 9.93. The van der Waals surface area contributed by atoms with Gasteiger partial charge < -0.3 is 9.64 Å². The summed E-state index contributed by atoms with van der Waals surface area (Å²) in [7, 11) is 0. The fraction of sp³-hybridized carbons (Fsp3) is 0.476. The van der Waals surface area contributed by atoms with Crippen LogP contribution in [0.15, 0.2) is 29.4 Å². The number of piperidine rings is 1. The molecule has 1 fully saturated rings. The van der Waals surface area contributed by atoms with Crippen LogP contribution in [0.1, 0.15) is 44.4 Å². The number of esters is 1. The maximum absolute atomic E-state index is 12.0. The van der Waals surface area contributed by atoms with Crippen LogP contribution < -0.4 is 4.90 Å². The molecule has 0 atom stereocenters. The van der Waals surface area contributed by atoms with Gasteiger partial charge >= 0.3 is 5.97 Å². The molecule has 27 heavy (non-hydrogen) atoms. The van der Waals surface area contributed by atoms with Crippen molar-refractivity contribution in [1.29, 1.82) is 10.5 Å². The molecule has 0 unspecified atom stereocenters. The van der Waals surface area contributed by atoms with Gasteiger partial charge in [0.25, 0.3) is 0 Å². The van der Waals surface area contributed by atoms with E-state index in [0.717, 1.165) is 23.9 Å². The zero-order valence-electron chi connectivity index (χ0n) is 15.9. The summed E-state index contributed by atoms with van der Waals surface area (Å²) in [6.07, 6.45) is 8.31. The highest BCUT2D eigenvalue weighted by Crippen LogP contribution is 2.32. The molecule has 2 rings (SSSR count). The van der Waals surface area contributed by atoms with Crippen LogP contribution in [0.4, 0.5) is 5.00 Å².